The van der Waals surface area contributed by atoms with Crippen molar-refractivity contribution in [1.29, 1.82) is 0 Å². The molecule has 0 saturated heterocycles. The van der Waals surface area contributed by atoms with Crippen molar-refractivity contribution in [3.8, 4) is 0 Å². The van der Waals surface area contributed by atoms with Gasteiger partial charge in [0.05, 0.1) is 7.11 Å². The SMILES string of the molecule is COC(=O)C1=C(c2ccccc2)ON(C)[C@H]1c1ccccc1. The van der Waals surface area contributed by atoms with E-state index in [9.17, 15) is 4.79 Å². The third kappa shape index (κ3) is 2.49. The molecule has 1 aliphatic heterocycles. The third-order valence-corrected chi connectivity index (χ3v) is 3.67. The van der Waals surface area contributed by atoms with Crippen LogP contribution in [0.1, 0.15) is 17.2 Å². The smallest absolute Gasteiger partial charge is 0.339 e. The Morgan fingerprint density at radius 2 is 1.64 bits per heavy atom. The quantitative estimate of drug-likeness (QED) is 0.815. The van der Waals surface area contributed by atoms with Crippen LogP contribution in [0.5, 0.6) is 0 Å². The first-order valence-electron chi connectivity index (χ1n) is 7.06. The number of carbonyl (C=O) groups excluding carboxylic acids is 1. The van der Waals surface area contributed by atoms with E-state index in [2.05, 4.69) is 0 Å². The van der Waals surface area contributed by atoms with Gasteiger partial charge in [0.15, 0.2) is 5.76 Å². The van der Waals surface area contributed by atoms with Crippen molar-refractivity contribution < 1.29 is 14.4 Å². The summed E-state index contributed by atoms with van der Waals surface area (Å²) in [7, 11) is 3.20. The molecule has 1 heterocycles. The second-order valence-electron chi connectivity index (χ2n) is 5.05. The molecule has 0 radical (unpaired) electrons. The number of hydrogen-bond acceptors (Lipinski definition) is 4. The van der Waals surface area contributed by atoms with Crippen LogP contribution in [-0.4, -0.2) is 25.2 Å². The lowest BCUT2D eigenvalue weighted by atomic mass is 9.96. The largest absolute Gasteiger partial charge is 0.465 e. The first kappa shape index (κ1) is 14.4. The maximum atomic E-state index is 12.3. The van der Waals surface area contributed by atoms with E-state index in [1.165, 1.54) is 7.11 Å². The minimum absolute atomic E-state index is 0.288. The van der Waals surface area contributed by atoms with Gasteiger partial charge in [0.25, 0.3) is 0 Å². The summed E-state index contributed by atoms with van der Waals surface area (Å²) in [4.78, 5) is 18.2. The molecule has 0 saturated carbocycles. The fraction of sp³-hybridized carbons (Fsp3) is 0.167. The van der Waals surface area contributed by atoms with Gasteiger partial charge in [-0.15, -0.1) is 5.06 Å². The van der Waals surface area contributed by atoms with E-state index in [1.54, 1.807) is 5.06 Å². The Labute approximate surface area is 129 Å². The van der Waals surface area contributed by atoms with Crippen molar-refractivity contribution in [2.24, 2.45) is 0 Å². The standard InChI is InChI=1S/C18H17NO3/c1-19-16(13-9-5-3-6-10-13)15(18(20)21-2)17(22-19)14-11-7-4-8-12-14/h3-12,16H,1-2H3/t16-/m0/s1. The van der Waals surface area contributed by atoms with Gasteiger partial charge < -0.3 is 9.57 Å². The molecule has 0 aromatic heterocycles. The Hall–Kier alpha value is -2.59. The predicted octanol–water partition coefficient (Wildman–Crippen LogP) is 3.19. The van der Waals surface area contributed by atoms with Gasteiger partial charge in [-0.05, 0) is 5.56 Å². The summed E-state index contributed by atoms with van der Waals surface area (Å²) in [5, 5.41) is 1.68. The molecule has 0 spiro atoms. The van der Waals surface area contributed by atoms with Crippen molar-refractivity contribution in [2.45, 2.75) is 6.04 Å². The van der Waals surface area contributed by atoms with E-state index in [1.807, 2.05) is 67.7 Å². The fourth-order valence-corrected chi connectivity index (χ4v) is 2.68. The van der Waals surface area contributed by atoms with Crippen LogP contribution < -0.4 is 0 Å². The number of rotatable bonds is 3. The molecule has 1 aliphatic rings. The van der Waals surface area contributed by atoms with E-state index in [-0.39, 0.29) is 12.0 Å². The summed E-state index contributed by atoms with van der Waals surface area (Å²) in [6.45, 7) is 0. The van der Waals surface area contributed by atoms with Gasteiger partial charge >= 0.3 is 5.97 Å². The highest BCUT2D eigenvalue weighted by Crippen LogP contribution is 2.41. The highest BCUT2D eigenvalue weighted by molar-refractivity contribution is 5.98. The molecule has 0 amide bonds. The van der Waals surface area contributed by atoms with Crippen LogP contribution >= 0.6 is 0 Å². The molecule has 1 atom stereocenters. The molecule has 4 nitrogen and oxygen atoms in total. The second-order valence-corrected chi connectivity index (χ2v) is 5.05. The molecular weight excluding hydrogens is 278 g/mol. The van der Waals surface area contributed by atoms with Crippen molar-refractivity contribution >= 4 is 11.7 Å². The van der Waals surface area contributed by atoms with Gasteiger partial charge in [0, 0.05) is 12.6 Å². The van der Waals surface area contributed by atoms with Gasteiger partial charge in [-0.25, -0.2) is 4.79 Å². The summed E-state index contributed by atoms with van der Waals surface area (Å²) >= 11 is 0. The number of ether oxygens (including phenoxy) is 1. The van der Waals surface area contributed by atoms with E-state index in [0.717, 1.165) is 11.1 Å². The monoisotopic (exact) mass is 295 g/mol. The maximum absolute atomic E-state index is 12.3. The Morgan fingerprint density at radius 3 is 2.23 bits per heavy atom. The minimum atomic E-state index is -0.378. The molecule has 0 unspecified atom stereocenters. The Morgan fingerprint density at radius 1 is 1.05 bits per heavy atom. The zero-order valence-corrected chi connectivity index (χ0v) is 12.5. The minimum Gasteiger partial charge on any atom is -0.465 e. The van der Waals surface area contributed by atoms with Crippen LogP contribution in [0.15, 0.2) is 66.2 Å². The molecule has 0 bridgehead atoms. The normalized spacial score (nSPS) is 18.2. The fourth-order valence-electron chi connectivity index (χ4n) is 2.68. The number of carbonyl (C=O) groups is 1. The van der Waals surface area contributed by atoms with Crippen molar-refractivity contribution in [2.75, 3.05) is 14.2 Å². The highest BCUT2D eigenvalue weighted by atomic mass is 16.7. The summed E-state index contributed by atoms with van der Waals surface area (Å²) in [5.74, 6) is 0.167. The Kier molecular flexibility index (Phi) is 3.94. The van der Waals surface area contributed by atoms with Crippen LogP contribution in [0.3, 0.4) is 0 Å². The van der Waals surface area contributed by atoms with Gasteiger partial charge in [0.1, 0.15) is 11.6 Å². The summed E-state index contributed by atoms with van der Waals surface area (Å²) < 4.78 is 4.98. The maximum Gasteiger partial charge on any atom is 0.339 e. The first-order valence-corrected chi connectivity index (χ1v) is 7.06. The topological polar surface area (TPSA) is 38.8 Å². The number of esters is 1. The summed E-state index contributed by atoms with van der Waals surface area (Å²) in [6, 6.07) is 19.1. The molecule has 0 fully saturated rings. The van der Waals surface area contributed by atoms with Gasteiger partial charge in [0.2, 0.25) is 0 Å². The van der Waals surface area contributed by atoms with Gasteiger partial charge in [-0.2, -0.15) is 0 Å². The average Bonchev–Trinajstić information content (AvgIpc) is 2.93. The van der Waals surface area contributed by atoms with Gasteiger partial charge in [-0.1, -0.05) is 60.7 Å². The lowest BCUT2D eigenvalue weighted by molar-refractivity contribution is -0.137. The lowest BCUT2D eigenvalue weighted by Crippen LogP contribution is -2.22. The second kappa shape index (κ2) is 6.03. The van der Waals surface area contributed by atoms with Crippen LogP contribution in [0.4, 0.5) is 0 Å². The molecule has 0 aliphatic carbocycles. The number of likely N-dealkylation sites (N-methyl/N-ethyl adjacent to an activating group) is 1. The Balaban J connectivity index is 2.14. The average molecular weight is 295 g/mol. The van der Waals surface area contributed by atoms with Crippen molar-refractivity contribution in [1.82, 2.24) is 5.06 Å². The molecule has 0 N–H and O–H groups in total. The number of benzene rings is 2. The first-order chi connectivity index (χ1) is 10.7. The number of methoxy groups -OCH3 is 1. The van der Waals surface area contributed by atoms with E-state index < -0.39 is 0 Å². The number of nitrogens with zero attached hydrogens (tertiary/aromatic N) is 1. The van der Waals surface area contributed by atoms with Crippen LogP contribution in [-0.2, 0) is 14.4 Å². The van der Waals surface area contributed by atoms with E-state index in [4.69, 9.17) is 9.57 Å². The predicted molar refractivity (Wildman–Crippen MR) is 83.4 cm³/mol. The third-order valence-electron chi connectivity index (χ3n) is 3.67. The van der Waals surface area contributed by atoms with Crippen molar-refractivity contribution in [3.05, 3.63) is 77.4 Å². The zero-order valence-electron chi connectivity index (χ0n) is 12.5. The summed E-state index contributed by atoms with van der Waals surface area (Å²) in [6.07, 6.45) is 0. The molecule has 22 heavy (non-hydrogen) atoms. The lowest BCUT2D eigenvalue weighted by Gasteiger charge is -2.19. The summed E-state index contributed by atoms with van der Waals surface area (Å²) in [5.41, 5.74) is 2.35. The zero-order chi connectivity index (χ0) is 15.5. The van der Waals surface area contributed by atoms with E-state index in [0.29, 0.717) is 11.3 Å². The van der Waals surface area contributed by atoms with Crippen LogP contribution in [0, 0.1) is 0 Å². The Bertz CT molecular complexity index is 695. The molecule has 112 valence electrons. The molecule has 3 rings (SSSR count). The molecule has 4 heteroatoms. The molecular formula is C18H17NO3. The van der Waals surface area contributed by atoms with Crippen molar-refractivity contribution in [3.63, 3.8) is 0 Å². The number of hydrogen-bond donors (Lipinski definition) is 0. The van der Waals surface area contributed by atoms with Gasteiger partial charge in [-0.3, -0.25) is 0 Å². The number of hydroxylamine groups is 2. The van der Waals surface area contributed by atoms with E-state index >= 15 is 0 Å². The molecule has 2 aromatic rings. The van der Waals surface area contributed by atoms with Crippen LogP contribution in [0.25, 0.3) is 5.76 Å². The van der Waals surface area contributed by atoms with Crippen LogP contribution in [0.2, 0.25) is 0 Å². The highest BCUT2D eigenvalue weighted by Gasteiger charge is 2.39. The molecule has 2 aromatic carbocycles.